The van der Waals surface area contributed by atoms with Crippen molar-refractivity contribution in [3.8, 4) is 0 Å². The van der Waals surface area contributed by atoms with Crippen molar-refractivity contribution in [2.75, 3.05) is 18.4 Å². The van der Waals surface area contributed by atoms with Crippen molar-refractivity contribution < 1.29 is 22.7 Å². The number of aromatic amines is 1. The van der Waals surface area contributed by atoms with Crippen molar-refractivity contribution in [2.24, 2.45) is 0 Å². The summed E-state index contributed by atoms with van der Waals surface area (Å²) in [7, 11) is 0. The van der Waals surface area contributed by atoms with E-state index in [-0.39, 0.29) is 46.5 Å². The van der Waals surface area contributed by atoms with Gasteiger partial charge in [-0.25, -0.2) is 19.9 Å². The zero-order valence-corrected chi connectivity index (χ0v) is 21.7. The summed E-state index contributed by atoms with van der Waals surface area (Å²) in [5.41, 5.74) is -1.81. The van der Waals surface area contributed by atoms with E-state index in [0.29, 0.717) is 28.3 Å². The number of carbonyl (C=O) groups is 1. The van der Waals surface area contributed by atoms with Crippen LogP contribution in [0.15, 0.2) is 23.1 Å². The summed E-state index contributed by atoms with van der Waals surface area (Å²) >= 11 is 1.18. The second-order valence-electron chi connectivity index (χ2n) is 9.33. The van der Waals surface area contributed by atoms with Gasteiger partial charge >= 0.3 is 6.18 Å². The summed E-state index contributed by atoms with van der Waals surface area (Å²) in [6.07, 6.45) is -3.44. The predicted molar refractivity (Wildman–Crippen MR) is 135 cm³/mol. The number of alkyl halides is 3. The third-order valence-corrected chi connectivity index (χ3v) is 7.08. The van der Waals surface area contributed by atoms with Crippen LogP contribution in [0.25, 0.3) is 21.3 Å². The maximum absolute atomic E-state index is 13.9. The average molecular weight is 548 g/mol. The second kappa shape index (κ2) is 9.58. The lowest BCUT2D eigenvalue weighted by Crippen LogP contribution is -2.48. The first-order valence-corrected chi connectivity index (χ1v) is 12.7. The van der Waals surface area contributed by atoms with E-state index in [2.05, 4.69) is 30.2 Å². The SMILES string of the molecule is Cc1nc2cc(C(F)(F)F)c([C@H](C)Nc3cc4sc(C(=O)N5C[C@@H](C)O[C@@H](C)C5)nc4cn3)nc2c(=O)[nH]1. The van der Waals surface area contributed by atoms with E-state index in [0.717, 1.165) is 6.07 Å². The largest absolute Gasteiger partial charge is 0.418 e. The lowest BCUT2D eigenvalue weighted by atomic mass is 10.1. The molecule has 0 aliphatic carbocycles. The Morgan fingerprint density at radius 1 is 1.18 bits per heavy atom. The molecule has 0 radical (unpaired) electrons. The number of thiazole rings is 1. The fourth-order valence-corrected chi connectivity index (χ4v) is 5.47. The van der Waals surface area contributed by atoms with Gasteiger partial charge in [0.1, 0.15) is 17.2 Å². The maximum atomic E-state index is 13.9. The number of aryl methyl sites for hydroxylation is 1. The average Bonchev–Trinajstić information content (AvgIpc) is 3.25. The third-order valence-electron chi connectivity index (χ3n) is 6.07. The van der Waals surface area contributed by atoms with Gasteiger partial charge in [-0.15, -0.1) is 11.3 Å². The molecule has 0 unspecified atom stereocenters. The number of hydrogen-bond acceptors (Lipinski definition) is 9. The molecule has 0 spiro atoms. The Balaban J connectivity index is 1.44. The van der Waals surface area contributed by atoms with E-state index >= 15 is 0 Å². The number of nitrogens with zero attached hydrogens (tertiary/aromatic N) is 5. The quantitative estimate of drug-likeness (QED) is 0.392. The molecule has 4 aromatic rings. The topological polar surface area (TPSA) is 126 Å². The Morgan fingerprint density at radius 3 is 2.58 bits per heavy atom. The van der Waals surface area contributed by atoms with Crippen LogP contribution in [-0.4, -0.2) is 61.0 Å². The molecule has 0 bridgehead atoms. The number of morpholine rings is 1. The number of ether oxygens (including phenoxy) is 1. The molecule has 0 aromatic carbocycles. The van der Waals surface area contributed by atoms with Crippen molar-refractivity contribution in [3.05, 3.63) is 50.8 Å². The molecule has 4 aromatic heterocycles. The number of nitrogens with one attached hydrogen (secondary N) is 2. The smallest absolute Gasteiger partial charge is 0.372 e. The van der Waals surface area contributed by atoms with Crippen LogP contribution in [0.5, 0.6) is 0 Å². The zero-order chi connectivity index (χ0) is 27.4. The minimum atomic E-state index is -4.72. The summed E-state index contributed by atoms with van der Waals surface area (Å²) in [5, 5.41) is 3.23. The fourth-order valence-electron chi connectivity index (χ4n) is 4.53. The van der Waals surface area contributed by atoms with Crippen LogP contribution in [0.4, 0.5) is 19.0 Å². The van der Waals surface area contributed by atoms with E-state index in [4.69, 9.17) is 4.74 Å². The van der Waals surface area contributed by atoms with Crippen molar-refractivity contribution in [1.29, 1.82) is 0 Å². The number of carbonyl (C=O) groups excluding carboxylic acids is 1. The number of aromatic nitrogens is 5. The lowest BCUT2D eigenvalue weighted by molar-refractivity contribution is -0.138. The second-order valence-corrected chi connectivity index (χ2v) is 10.4. The molecule has 1 amide bonds. The highest BCUT2D eigenvalue weighted by atomic mass is 32.1. The van der Waals surface area contributed by atoms with Gasteiger partial charge < -0.3 is 19.9 Å². The summed E-state index contributed by atoms with van der Waals surface area (Å²) in [5.74, 6) is 0.251. The highest BCUT2D eigenvalue weighted by Crippen LogP contribution is 2.36. The molecule has 5 heterocycles. The van der Waals surface area contributed by atoms with Gasteiger partial charge in [0.15, 0.2) is 10.5 Å². The van der Waals surface area contributed by atoms with Gasteiger partial charge in [-0.1, -0.05) is 0 Å². The first kappa shape index (κ1) is 26.0. The van der Waals surface area contributed by atoms with Crippen LogP contribution in [0.3, 0.4) is 0 Å². The van der Waals surface area contributed by atoms with E-state index in [1.165, 1.54) is 31.4 Å². The molecule has 38 heavy (non-hydrogen) atoms. The number of pyridine rings is 2. The molecular formula is C24H24F3N7O3S. The van der Waals surface area contributed by atoms with Crippen LogP contribution in [0.2, 0.25) is 0 Å². The number of H-pyrrole nitrogens is 1. The monoisotopic (exact) mass is 547 g/mol. The molecule has 14 heteroatoms. The van der Waals surface area contributed by atoms with Crippen molar-refractivity contribution in [1.82, 2.24) is 29.8 Å². The fraction of sp³-hybridized carbons (Fsp3) is 0.417. The summed E-state index contributed by atoms with van der Waals surface area (Å²) in [6.45, 7) is 7.70. The number of halogens is 3. The summed E-state index contributed by atoms with van der Waals surface area (Å²) in [6, 6.07) is 1.49. The molecule has 200 valence electrons. The van der Waals surface area contributed by atoms with E-state index < -0.39 is 23.3 Å². The van der Waals surface area contributed by atoms with Crippen LogP contribution in [0.1, 0.15) is 53.7 Å². The number of amides is 1. The molecule has 2 N–H and O–H groups in total. The highest BCUT2D eigenvalue weighted by Gasteiger charge is 2.37. The minimum Gasteiger partial charge on any atom is -0.372 e. The molecule has 1 fully saturated rings. The van der Waals surface area contributed by atoms with Gasteiger partial charge in [-0.2, -0.15) is 13.2 Å². The normalized spacial score (nSPS) is 19.2. The van der Waals surface area contributed by atoms with Crippen LogP contribution >= 0.6 is 11.3 Å². The van der Waals surface area contributed by atoms with Crippen LogP contribution in [0, 0.1) is 6.92 Å². The highest BCUT2D eigenvalue weighted by molar-refractivity contribution is 7.20. The van der Waals surface area contributed by atoms with Gasteiger partial charge in [-0.05, 0) is 39.8 Å². The van der Waals surface area contributed by atoms with Crippen molar-refractivity contribution in [2.45, 2.75) is 52.1 Å². The van der Waals surface area contributed by atoms with E-state index in [1.54, 1.807) is 11.0 Å². The van der Waals surface area contributed by atoms with Crippen LogP contribution < -0.4 is 10.9 Å². The molecule has 1 saturated heterocycles. The van der Waals surface area contributed by atoms with Gasteiger partial charge in [0.2, 0.25) is 0 Å². The number of hydrogen-bond donors (Lipinski definition) is 2. The van der Waals surface area contributed by atoms with E-state index in [9.17, 15) is 22.8 Å². The standard InChI is InChI=1S/C24H24F3N7O3S/c1-10-8-34(9-11(2)37-10)23(36)22-32-16-7-28-18(6-17(16)38-22)29-12(3)19-14(24(25,26)27)5-15-20(33-19)21(35)31-13(4)30-15/h5-7,10-12H,8-9H2,1-4H3,(H,28,29)(H,30,31,35)/t10-,11+,12-/m0/s1. The zero-order valence-electron chi connectivity index (χ0n) is 20.9. The molecular weight excluding hydrogens is 523 g/mol. The van der Waals surface area contributed by atoms with Gasteiger partial charge in [-0.3, -0.25) is 9.59 Å². The van der Waals surface area contributed by atoms with Gasteiger partial charge in [0.05, 0.1) is 45.9 Å². The molecule has 1 aliphatic rings. The Morgan fingerprint density at radius 2 is 1.89 bits per heavy atom. The molecule has 10 nitrogen and oxygen atoms in total. The number of fused-ring (bicyclic) bond motifs is 2. The van der Waals surface area contributed by atoms with E-state index in [1.807, 2.05) is 13.8 Å². The van der Waals surface area contributed by atoms with Crippen molar-refractivity contribution >= 4 is 44.3 Å². The van der Waals surface area contributed by atoms with Gasteiger partial charge in [0, 0.05) is 13.1 Å². The van der Waals surface area contributed by atoms with Crippen LogP contribution in [-0.2, 0) is 10.9 Å². The molecule has 0 saturated carbocycles. The molecule has 5 rings (SSSR count). The summed E-state index contributed by atoms with van der Waals surface area (Å²) in [4.78, 5) is 46.2. The first-order valence-electron chi connectivity index (χ1n) is 11.9. The summed E-state index contributed by atoms with van der Waals surface area (Å²) < 4.78 is 48.1. The molecule has 1 aliphatic heterocycles. The Bertz CT molecular complexity index is 1590. The number of rotatable bonds is 4. The maximum Gasteiger partial charge on any atom is 0.418 e. The third kappa shape index (κ3) is 5.05. The minimum absolute atomic E-state index is 0.0864. The Labute approximate surface area is 218 Å². The lowest BCUT2D eigenvalue weighted by Gasteiger charge is -2.34. The Hall–Kier alpha value is -3.65. The van der Waals surface area contributed by atoms with Crippen molar-refractivity contribution in [3.63, 3.8) is 0 Å². The van der Waals surface area contributed by atoms with Gasteiger partial charge in [0.25, 0.3) is 11.5 Å². The Kier molecular flexibility index (Phi) is 6.55. The first-order chi connectivity index (χ1) is 17.9. The molecule has 3 atom stereocenters. The predicted octanol–water partition coefficient (Wildman–Crippen LogP) is 4.07. The number of anilines is 1.